The second-order valence-electron chi connectivity index (χ2n) is 7.27. The van der Waals surface area contributed by atoms with Crippen molar-refractivity contribution in [3.8, 4) is 0 Å². The molecule has 4 nitrogen and oxygen atoms in total. The Morgan fingerprint density at radius 1 is 1.04 bits per heavy atom. The molecule has 1 aromatic heterocycles. The van der Waals surface area contributed by atoms with Gasteiger partial charge in [-0.1, -0.05) is 61.2 Å². The predicted octanol–water partition coefficient (Wildman–Crippen LogP) is 4.99. The van der Waals surface area contributed by atoms with Crippen molar-refractivity contribution in [1.29, 1.82) is 0 Å². The molecule has 0 amide bonds. The van der Waals surface area contributed by atoms with Crippen LogP contribution in [0.4, 0.5) is 0 Å². The van der Waals surface area contributed by atoms with Gasteiger partial charge in [-0.15, -0.1) is 10.2 Å². The number of hydrogen-bond acceptors (Lipinski definition) is 4. The zero-order chi connectivity index (χ0) is 19.0. The number of thioether (sulfide) groups is 1. The summed E-state index contributed by atoms with van der Waals surface area (Å²) in [6.45, 7) is 8.70. The SMILES string of the molecule is Cc1ccc(C2=Nn3c(C[C@@H](C)c4ccccc4)nnc3S[C@@H]2C)cc1C. The first-order valence-corrected chi connectivity index (χ1v) is 10.2. The van der Waals surface area contributed by atoms with Crippen molar-refractivity contribution in [2.75, 3.05) is 0 Å². The zero-order valence-corrected chi connectivity index (χ0v) is 17.0. The van der Waals surface area contributed by atoms with Crippen LogP contribution in [0.15, 0.2) is 58.8 Å². The van der Waals surface area contributed by atoms with E-state index in [0.717, 1.165) is 23.1 Å². The molecule has 2 aromatic carbocycles. The molecule has 0 radical (unpaired) electrons. The Balaban J connectivity index is 1.67. The topological polar surface area (TPSA) is 43.1 Å². The van der Waals surface area contributed by atoms with E-state index in [1.165, 1.54) is 22.3 Å². The van der Waals surface area contributed by atoms with E-state index in [9.17, 15) is 0 Å². The molecular weight excluding hydrogens is 352 g/mol. The number of nitrogens with zero attached hydrogens (tertiary/aromatic N) is 4. The average molecular weight is 377 g/mol. The summed E-state index contributed by atoms with van der Waals surface area (Å²) in [7, 11) is 0. The molecule has 0 saturated carbocycles. The monoisotopic (exact) mass is 376 g/mol. The number of aryl methyl sites for hydroxylation is 2. The van der Waals surface area contributed by atoms with Crippen LogP contribution in [0.25, 0.3) is 0 Å². The summed E-state index contributed by atoms with van der Waals surface area (Å²) in [6, 6.07) is 17.1. The number of benzene rings is 2. The summed E-state index contributed by atoms with van der Waals surface area (Å²) in [4.78, 5) is 0. The molecule has 2 heterocycles. The van der Waals surface area contributed by atoms with Gasteiger partial charge in [0.2, 0.25) is 5.16 Å². The van der Waals surface area contributed by atoms with E-state index < -0.39 is 0 Å². The van der Waals surface area contributed by atoms with Gasteiger partial charge in [0.05, 0.1) is 11.0 Å². The van der Waals surface area contributed by atoms with Crippen molar-refractivity contribution in [2.45, 2.75) is 50.4 Å². The van der Waals surface area contributed by atoms with Gasteiger partial charge >= 0.3 is 0 Å². The van der Waals surface area contributed by atoms with E-state index in [0.29, 0.717) is 5.92 Å². The van der Waals surface area contributed by atoms with E-state index in [1.807, 2.05) is 10.7 Å². The van der Waals surface area contributed by atoms with Crippen LogP contribution in [0.2, 0.25) is 0 Å². The van der Waals surface area contributed by atoms with E-state index in [1.54, 1.807) is 11.8 Å². The normalized spacial score (nSPS) is 17.3. The fourth-order valence-corrected chi connectivity index (χ4v) is 4.31. The zero-order valence-electron chi connectivity index (χ0n) is 16.2. The molecule has 1 aliphatic heterocycles. The van der Waals surface area contributed by atoms with Crippen LogP contribution in [-0.2, 0) is 6.42 Å². The highest BCUT2D eigenvalue weighted by atomic mass is 32.2. The van der Waals surface area contributed by atoms with Crippen LogP contribution < -0.4 is 0 Å². The number of fused-ring (bicyclic) bond motifs is 1. The summed E-state index contributed by atoms with van der Waals surface area (Å²) >= 11 is 1.73. The minimum Gasteiger partial charge on any atom is -0.191 e. The summed E-state index contributed by atoms with van der Waals surface area (Å²) in [6.07, 6.45) is 0.815. The van der Waals surface area contributed by atoms with Crippen LogP contribution in [0.5, 0.6) is 0 Å². The van der Waals surface area contributed by atoms with Gasteiger partial charge in [-0.3, -0.25) is 0 Å². The maximum atomic E-state index is 4.96. The Morgan fingerprint density at radius 2 is 1.81 bits per heavy atom. The number of aromatic nitrogens is 3. The third-order valence-corrected chi connectivity index (χ3v) is 6.25. The fraction of sp³-hybridized carbons (Fsp3) is 0.318. The quantitative estimate of drug-likeness (QED) is 0.644. The molecule has 0 N–H and O–H groups in total. The summed E-state index contributed by atoms with van der Waals surface area (Å²) in [5, 5.41) is 14.9. The van der Waals surface area contributed by atoms with Crippen LogP contribution in [0, 0.1) is 13.8 Å². The molecule has 0 spiro atoms. The van der Waals surface area contributed by atoms with Crippen LogP contribution in [-0.4, -0.2) is 25.8 Å². The molecule has 1 aliphatic rings. The Kier molecular flexibility index (Phi) is 4.87. The highest BCUT2D eigenvalue weighted by Gasteiger charge is 2.26. The first-order valence-electron chi connectivity index (χ1n) is 9.35. The lowest BCUT2D eigenvalue weighted by Crippen LogP contribution is -2.22. The van der Waals surface area contributed by atoms with Crippen molar-refractivity contribution in [3.05, 3.63) is 76.6 Å². The molecule has 0 unspecified atom stereocenters. The van der Waals surface area contributed by atoms with Crippen LogP contribution in [0.1, 0.15) is 47.8 Å². The molecule has 138 valence electrons. The van der Waals surface area contributed by atoms with Crippen LogP contribution in [0.3, 0.4) is 0 Å². The molecule has 0 saturated heterocycles. The standard InChI is InChI=1S/C22H24N4S/c1-14-10-11-19(12-15(14)2)21-17(4)27-22-24-23-20(26(22)25-21)13-16(3)18-8-6-5-7-9-18/h5-12,16-17H,13H2,1-4H3/t16-,17-/m1/s1. The van der Waals surface area contributed by atoms with E-state index in [-0.39, 0.29) is 5.25 Å². The average Bonchev–Trinajstić information content (AvgIpc) is 3.05. The van der Waals surface area contributed by atoms with Crippen molar-refractivity contribution < 1.29 is 0 Å². The van der Waals surface area contributed by atoms with Crippen molar-refractivity contribution in [2.24, 2.45) is 5.10 Å². The number of rotatable bonds is 4. The third-order valence-electron chi connectivity index (χ3n) is 5.21. The van der Waals surface area contributed by atoms with Crippen LogP contribution >= 0.6 is 11.8 Å². The minimum atomic E-state index is 0.253. The maximum absolute atomic E-state index is 4.96. The molecule has 2 atom stereocenters. The van der Waals surface area contributed by atoms with Gasteiger partial charge in [-0.2, -0.15) is 9.78 Å². The highest BCUT2D eigenvalue weighted by Crippen LogP contribution is 2.31. The summed E-state index contributed by atoms with van der Waals surface area (Å²) in [5.74, 6) is 1.28. The largest absolute Gasteiger partial charge is 0.212 e. The van der Waals surface area contributed by atoms with Gasteiger partial charge < -0.3 is 0 Å². The molecule has 0 fully saturated rings. The van der Waals surface area contributed by atoms with E-state index >= 15 is 0 Å². The lowest BCUT2D eigenvalue weighted by atomic mass is 9.98. The maximum Gasteiger partial charge on any atom is 0.212 e. The fourth-order valence-electron chi connectivity index (χ4n) is 3.37. The first kappa shape index (κ1) is 18.0. The van der Waals surface area contributed by atoms with E-state index in [2.05, 4.69) is 80.4 Å². The Labute approximate surface area is 164 Å². The van der Waals surface area contributed by atoms with Gasteiger partial charge in [0.25, 0.3) is 0 Å². The van der Waals surface area contributed by atoms with Gasteiger partial charge in [-0.25, -0.2) is 0 Å². The Bertz CT molecular complexity index is 991. The number of hydrogen-bond donors (Lipinski definition) is 0. The second-order valence-corrected chi connectivity index (χ2v) is 8.58. The molecule has 0 bridgehead atoms. The second kappa shape index (κ2) is 7.31. The molecule has 5 heteroatoms. The van der Waals surface area contributed by atoms with Crippen molar-refractivity contribution in [1.82, 2.24) is 14.9 Å². The third kappa shape index (κ3) is 3.56. The van der Waals surface area contributed by atoms with Gasteiger partial charge in [0, 0.05) is 6.42 Å². The lowest BCUT2D eigenvalue weighted by molar-refractivity contribution is 0.648. The predicted molar refractivity (Wildman–Crippen MR) is 112 cm³/mol. The first-order chi connectivity index (χ1) is 13.0. The smallest absolute Gasteiger partial charge is 0.191 e. The van der Waals surface area contributed by atoms with Crippen molar-refractivity contribution in [3.63, 3.8) is 0 Å². The molecule has 0 aliphatic carbocycles. The summed E-state index contributed by atoms with van der Waals surface area (Å²) in [5.41, 5.74) is 6.17. The van der Waals surface area contributed by atoms with E-state index in [4.69, 9.17) is 5.10 Å². The van der Waals surface area contributed by atoms with Crippen molar-refractivity contribution >= 4 is 17.5 Å². The molecule has 27 heavy (non-hydrogen) atoms. The molecule has 4 rings (SSSR count). The van der Waals surface area contributed by atoms with Gasteiger partial charge in [-0.05, 0) is 55.0 Å². The highest BCUT2D eigenvalue weighted by molar-refractivity contribution is 8.00. The summed E-state index contributed by atoms with van der Waals surface area (Å²) < 4.78 is 1.94. The van der Waals surface area contributed by atoms with Gasteiger partial charge in [0.15, 0.2) is 5.82 Å². The lowest BCUT2D eigenvalue weighted by Gasteiger charge is -2.21. The molecular formula is C22H24N4S. The Hall–Kier alpha value is -2.40. The minimum absolute atomic E-state index is 0.253. The molecule has 3 aromatic rings. The Morgan fingerprint density at radius 3 is 2.56 bits per heavy atom. The van der Waals surface area contributed by atoms with Gasteiger partial charge in [0.1, 0.15) is 0 Å².